The Morgan fingerprint density at radius 3 is 2.31 bits per heavy atom. The number of hydrogen-bond donors (Lipinski definition) is 1. The quantitative estimate of drug-likeness (QED) is 0.500. The van der Waals surface area contributed by atoms with E-state index in [1.165, 1.54) is 41.3 Å². The maximum atomic E-state index is 13.3. The number of aryl methyl sites for hydroxylation is 1. The summed E-state index contributed by atoms with van der Waals surface area (Å²) < 4.78 is 43.1. The average molecular weight is 512 g/mol. The third-order valence-corrected chi connectivity index (χ3v) is 7.81. The van der Waals surface area contributed by atoms with Gasteiger partial charge in [-0.1, -0.05) is 49.0 Å². The number of benzene rings is 3. The molecule has 1 atom stereocenters. The van der Waals surface area contributed by atoms with Crippen LogP contribution >= 0.6 is 11.8 Å². The lowest BCUT2D eigenvalue weighted by atomic mass is 10.2. The highest BCUT2D eigenvalue weighted by Gasteiger charge is 2.41. The van der Waals surface area contributed by atoms with Crippen LogP contribution in [0.15, 0.2) is 88.2 Å². The van der Waals surface area contributed by atoms with Crippen molar-refractivity contribution in [3.63, 3.8) is 0 Å². The van der Waals surface area contributed by atoms with Crippen LogP contribution in [-0.2, 0) is 26.0 Å². The highest BCUT2D eigenvalue weighted by Crippen LogP contribution is 2.35. The van der Waals surface area contributed by atoms with E-state index < -0.39 is 32.9 Å². The molecule has 35 heavy (non-hydrogen) atoms. The van der Waals surface area contributed by atoms with Gasteiger partial charge in [0.15, 0.2) is 5.17 Å². The normalized spacial score (nSPS) is 17.1. The molecule has 3 aromatic rings. The topological polar surface area (TPSA) is 95.9 Å². The lowest BCUT2D eigenvalue weighted by Gasteiger charge is -2.16. The van der Waals surface area contributed by atoms with E-state index in [1.54, 1.807) is 42.5 Å². The molecule has 2 amide bonds. The van der Waals surface area contributed by atoms with Crippen molar-refractivity contribution in [2.75, 3.05) is 10.2 Å². The molecule has 0 saturated carbocycles. The van der Waals surface area contributed by atoms with Crippen molar-refractivity contribution in [2.45, 2.75) is 29.9 Å². The van der Waals surface area contributed by atoms with Gasteiger partial charge in [-0.2, -0.15) is 8.42 Å². The largest absolute Gasteiger partial charge is 0.326 e. The molecule has 0 aromatic heterocycles. The number of nitrogens with zero attached hydrogens (tertiary/aromatic N) is 2. The lowest BCUT2D eigenvalue weighted by Crippen LogP contribution is -2.33. The molecule has 0 radical (unpaired) electrons. The highest BCUT2D eigenvalue weighted by atomic mass is 32.2. The van der Waals surface area contributed by atoms with E-state index in [0.717, 1.165) is 23.7 Å². The van der Waals surface area contributed by atoms with Crippen LogP contribution in [0.4, 0.5) is 15.8 Å². The number of carbonyl (C=O) groups excluding carboxylic acids is 2. The standard InChI is InChI=1S/C25H22FN3O4S2/c1-2-17-8-14-21(15-9-17)35(32,33)28-25-29(20-6-4-3-5-7-20)24(31)22(34-25)16-23(30)27-19-12-10-18(26)11-13-19/h3-15,22H,2,16H2,1H3,(H,27,30)/t22-/m0/s1. The molecule has 1 aliphatic rings. The highest BCUT2D eigenvalue weighted by molar-refractivity contribution is 8.16. The summed E-state index contributed by atoms with van der Waals surface area (Å²) in [5, 5.41) is 1.71. The van der Waals surface area contributed by atoms with Crippen molar-refractivity contribution >= 4 is 50.1 Å². The number of amides is 2. The molecule has 10 heteroatoms. The molecule has 7 nitrogen and oxygen atoms in total. The molecule has 0 aliphatic carbocycles. The monoisotopic (exact) mass is 511 g/mol. The van der Waals surface area contributed by atoms with E-state index >= 15 is 0 Å². The van der Waals surface area contributed by atoms with Crippen LogP contribution < -0.4 is 10.2 Å². The predicted octanol–water partition coefficient (Wildman–Crippen LogP) is 4.61. The Kier molecular flexibility index (Phi) is 7.32. The van der Waals surface area contributed by atoms with Gasteiger partial charge < -0.3 is 5.32 Å². The van der Waals surface area contributed by atoms with Crippen LogP contribution in [0.3, 0.4) is 0 Å². The summed E-state index contributed by atoms with van der Waals surface area (Å²) in [5.74, 6) is -1.35. The number of hydrogen-bond acceptors (Lipinski definition) is 5. The number of amidine groups is 1. The van der Waals surface area contributed by atoms with E-state index in [1.807, 2.05) is 6.92 Å². The fourth-order valence-corrected chi connectivity index (χ4v) is 5.78. The maximum absolute atomic E-state index is 13.3. The molecule has 0 bridgehead atoms. The first-order chi connectivity index (χ1) is 16.8. The predicted molar refractivity (Wildman–Crippen MR) is 135 cm³/mol. The zero-order valence-corrected chi connectivity index (χ0v) is 20.4. The van der Waals surface area contributed by atoms with E-state index in [9.17, 15) is 22.4 Å². The molecule has 1 fully saturated rings. The van der Waals surface area contributed by atoms with Gasteiger partial charge in [0.2, 0.25) is 11.8 Å². The number of thioether (sulfide) groups is 1. The number of anilines is 2. The summed E-state index contributed by atoms with van der Waals surface area (Å²) >= 11 is 0.919. The number of rotatable bonds is 7. The number of halogens is 1. The average Bonchev–Trinajstić information content (AvgIpc) is 3.14. The first-order valence-electron chi connectivity index (χ1n) is 10.8. The van der Waals surface area contributed by atoms with Crippen LogP contribution in [0.5, 0.6) is 0 Å². The first kappa shape index (κ1) is 24.6. The molecule has 1 aliphatic heterocycles. The second-order valence-corrected chi connectivity index (χ2v) is 10.5. The summed E-state index contributed by atoms with van der Waals surface area (Å²) in [6, 6.07) is 20.2. The van der Waals surface area contributed by atoms with Gasteiger partial charge in [0.25, 0.3) is 10.0 Å². The van der Waals surface area contributed by atoms with Crippen molar-refractivity contribution in [3.8, 4) is 0 Å². The smallest absolute Gasteiger partial charge is 0.284 e. The van der Waals surface area contributed by atoms with Crippen LogP contribution in [0.25, 0.3) is 0 Å². The fraction of sp³-hybridized carbons (Fsp3) is 0.160. The summed E-state index contributed by atoms with van der Waals surface area (Å²) in [4.78, 5) is 27.1. The van der Waals surface area contributed by atoms with Crippen LogP contribution in [0.2, 0.25) is 0 Å². The van der Waals surface area contributed by atoms with E-state index in [2.05, 4.69) is 9.71 Å². The van der Waals surface area contributed by atoms with Crippen molar-refractivity contribution in [3.05, 3.63) is 90.2 Å². The van der Waals surface area contributed by atoms with E-state index in [4.69, 9.17) is 0 Å². The Morgan fingerprint density at radius 2 is 1.69 bits per heavy atom. The fourth-order valence-electron chi connectivity index (χ4n) is 3.44. The van der Waals surface area contributed by atoms with Gasteiger partial charge in [-0.3, -0.25) is 14.5 Å². The molecule has 1 heterocycles. The van der Waals surface area contributed by atoms with Crippen molar-refractivity contribution < 1.29 is 22.4 Å². The van der Waals surface area contributed by atoms with E-state index in [-0.39, 0.29) is 16.5 Å². The van der Waals surface area contributed by atoms with Crippen molar-refractivity contribution in [2.24, 2.45) is 4.40 Å². The molecule has 3 aromatic carbocycles. The van der Waals surface area contributed by atoms with Crippen molar-refractivity contribution in [1.82, 2.24) is 0 Å². The molecule has 0 spiro atoms. The first-order valence-corrected chi connectivity index (χ1v) is 13.1. The van der Waals surface area contributed by atoms with Gasteiger partial charge in [0.1, 0.15) is 11.1 Å². The van der Waals surface area contributed by atoms with E-state index in [0.29, 0.717) is 11.4 Å². The Balaban J connectivity index is 1.61. The summed E-state index contributed by atoms with van der Waals surface area (Å²) in [6.07, 6.45) is 0.553. The van der Waals surface area contributed by atoms with Gasteiger partial charge in [0.05, 0.1) is 10.6 Å². The summed E-state index contributed by atoms with van der Waals surface area (Å²) in [6.45, 7) is 1.97. The Bertz CT molecular complexity index is 1360. The van der Waals surface area contributed by atoms with Crippen LogP contribution in [-0.4, -0.2) is 30.6 Å². The van der Waals surface area contributed by atoms with Crippen molar-refractivity contribution in [1.29, 1.82) is 0 Å². The van der Waals surface area contributed by atoms with Crippen LogP contribution in [0, 0.1) is 5.82 Å². The van der Waals surface area contributed by atoms with Gasteiger partial charge in [-0.05, 0) is 60.5 Å². The minimum atomic E-state index is -4.10. The summed E-state index contributed by atoms with van der Waals surface area (Å²) in [7, 11) is -4.10. The number of carbonyl (C=O) groups is 2. The SMILES string of the molecule is CCc1ccc(S(=O)(=O)N=C2S[C@@H](CC(=O)Nc3ccc(F)cc3)C(=O)N2c2ccccc2)cc1. The molecular weight excluding hydrogens is 489 g/mol. The molecule has 180 valence electrons. The number of para-hydroxylation sites is 1. The van der Waals surface area contributed by atoms with Gasteiger partial charge in [-0.15, -0.1) is 4.40 Å². The van der Waals surface area contributed by atoms with Gasteiger partial charge >= 0.3 is 0 Å². The number of nitrogens with one attached hydrogen (secondary N) is 1. The molecular formula is C25H22FN3O4S2. The Hall–Kier alpha value is -3.50. The molecule has 0 unspecified atom stereocenters. The Labute approximate surface area is 207 Å². The maximum Gasteiger partial charge on any atom is 0.284 e. The number of sulfonamides is 1. The van der Waals surface area contributed by atoms with Gasteiger partial charge in [0, 0.05) is 12.1 Å². The molecule has 1 saturated heterocycles. The summed E-state index contributed by atoms with van der Waals surface area (Å²) in [5.41, 5.74) is 1.82. The lowest BCUT2D eigenvalue weighted by molar-refractivity contribution is -0.121. The molecule has 1 N–H and O–H groups in total. The minimum absolute atomic E-state index is 0.0146. The third kappa shape index (κ3) is 5.77. The third-order valence-electron chi connectivity index (χ3n) is 5.28. The van der Waals surface area contributed by atoms with Crippen LogP contribution in [0.1, 0.15) is 18.9 Å². The zero-order valence-electron chi connectivity index (χ0n) is 18.7. The zero-order chi connectivity index (χ0) is 25.0. The minimum Gasteiger partial charge on any atom is -0.326 e. The van der Waals surface area contributed by atoms with Gasteiger partial charge in [-0.25, -0.2) is 4.39 Å². The second-order valence-electron chi connectivity index (χ2n) is 7.72. The molecule has 4 rings (SSSR count). The second kappa shape index (κ2) is 10.4. The Morgan fingerprint density at radius 1 is 1.03 bits per heavy atom.